The average Bonchev–Trinajstić information content (AvgIpc) is 3.38. The lowest BCUT2D eigenvalue weighted by Gasteiger charge is -2.36. The predicted octanol–water partition coefficient (Wildman–Crippen LogP) is 4.52. The molecule has 0 radical (unpaired) electrons. The zero-order chi connectivity index (χ0) is 15.4. The standard InChI is InChI=1S/C20H25NO.ClH/c1-22-20(17-8-4-2-5-9-17,18-10-6-3-7-11-18)15-19(21)14-16-12-13-16;/h2-11,16,19H,12-15,21H2,1H3;1H. The van der Waals surface area contributed by atoms with Crippen LogP contribution in [-0.4, -0.2) is 13.2 Å². The van der Waals surface area contributed by atoms with Crippen LogP contribution in [0, 0.1) is 5.92 Å². The Morgan fingerprint density at radius 1 is 1.00 bits per heavy atom. The second-order valence-electron chi connectivity index (χ2n) is 6.41. The molecule has 0 spiro atoms. The second-order valence-corrected chi connectivity index (χ2v) is 6.41. The third kappa shape index (κ3) is 4.14. The Balaban J connectivity index is 0.00000192. The fourth-order valence-corrected chi connectivity index (χ4v) is 3.37. The molecule has 2 aromatic rings. The van der Waals surface area contributed by atoms with Gasteiger partial charge in [0.1, 0.15) is 5.60 Å². The highest BCUT2D eigenvalue weighted by atomic mass is 35.5. The van der Waals surface area contributed by atoms with Crippen LogP contribution >= 0.6 is 12.4 Å². The van der Waals surface area contributed by atoms with E-state index in [-0.39, 0.29) is 18.4 Å². The summed E-state index contributed by atoms with van der Waals surface area (Å²) in [6.45, 7) is 0. The molecule has 1 aliphatic rings. The van der Waals surface area contributed by atoms with E-state index < -0.39 is 5.60 Å². The van der Waals surface area contributed by atoms with Gasteiger partial charge < -0.3 is 10.5 Å². The number of ether oxygens (including phenoxy) is 1. The van der Waals surface area contributed by atoms with Crippen molar-refractivity contribution in [2.75, 3.05) is 7.11 Å². The highest BCUT2D eigenvalue weighted by Gasteiger charge is 2.37. The molecule has 0 amide bonds. The average molecular weight is 332 g/mol. The van der Waals surface area contributed by atoms with Crippen molar-refractivity contribution in [1.29, 1.82) is 0 Å². The van der Waals surface area contributed by atoms with Gasteiger partial charge in [0, 0.05) is 13.2 Å². The minimum atomic E-state index is -0.461. The monoisotopic (exact) mass is 331 g/mol. The number of methoxy groups -OCH3 is 1. The minimum absolute atomic E-state index is 0. The molecule has 1 saturated carbocycles. The van der Waals surface area contributed by atoms with Crippen molar-refractivity contribution in [3.63, 3.8) is 0 Å². The zero-order valence-electron chi connectivity index (χ0n) is 13.7. The van der Waals surface area contributed by atoms with E-state index in [4.69, 9.17) is 10.5 Å². The Morgan fingerprint density at radius 2 is 1.48 bits per heavy atom. The van der Waals surface area contributed by atoms with E-state index in [1.807, 2.05) is 12.1 Å². The topological polar surface area (TPSA) is 35.2 Å². The van der Waals surface area contributed by atoms with Crippen molar-refractivity contribution in [3.05, 3.63) is 71.8 Å². The Bertz CT molecular complexity index is 544. The Hall–Kier alpha value is -1.35. The lowest BCUT2D eigenvalue weighted by atomic mass is 9.80. The molecule has 3 rings (SSSR count). The molecule has 23 heavy (non-hydrogen) atoms. The molecule has 1 fully saturated rings. The number of hydrogen-bond acceptors (Lipinski definition) is 2. The maximum atomic E-state index is 6.47. The number of hydrogen-bond donors (Lipinski definition) is 1. The molecule has 3 heteroatoms. The van der Waals surface area contributed by atoms with Crippen LogP contribution in [0.3, 0.4) is 0 Å². The first kappa shape index (κ1) is 18.0. The summed E-state index contributed by atoms with van der Waals surface area (Å²) in [6.07, 6.45) is 4.59. The van der Waals surface area contributed by atoms with Gasteiger partial charge in [0.2, 0.25) is 0 Å². The molecule has 2 nitrogen and oxygen atoms in total. The predicted molar refractivity (Wildman–Crippen MR) is 97.9 cm³/mol. The maximum absolute atomic E-state index is 6.47. The molecular weight excluding hydrogens is 306 g/mol. The van der Waals surface area contributed by atoms with E-state index in [0.29, 0.717) is 0 Å². The van der Waals surface area contributed by atoms with Gasteiger partial charge in [-0.3, -0.25) is 0 Å². The number of halogens is 1. The summed E-state index contributed by atoms with van der Waals surface area (Å²) < 4.78 is 6.10. The van der Waals surface area contributed by atoms with Crippen molar-refractivity contribution in [2.24, 2.45) is 11.7 Å². The molecule has 1 unspecified atom stereocenters. The maximum Gasteiger partial charge on any atom is 0.119 e. The summed E-state index contributed by atoms with van der Waals surface area (Å²) in [5, 5.41) is 0. The van der Waals surface area contributed by atoms with E-state index in [2.05, 4.69) is 48.5 Å². The first-order valence-corrected chi connectivity index (χ1v) is 8.16. The molecule has 1 atom stereocenters. The van der Waals surface area contributed by atoms with E-state index >= 15 is 0 Å². The molecule has 1 aliphatic carbocycles. The minimum Gasteiger partial charge on any atom is -0.369 e. The first-order valence-electron chi connectivity index (χ1n) is 8.16. The molecule has 2 N–H and O–H groups in total. The second kappa shape index (κ2) is 7.96. The highest BCUT2D eigenvalue weighted by Crippen LogP contribution is 2.40. The summed E-state index contributed by atoms with van der Waals surface area (Å²) in [5.74, 6) is 0.830. The normalized spacial score (nSPS) is 15.7. The highest BCUT2D eigenvalue weighted by molar-refractivity contribution is 5.85. The molecule has 2 aromatic carbocycles. The molecule has 0 saturated heterocycles. The quantitative estimate of drug-likeness (QED) is 0.809. The van der Waals surface area contributed by atoms with Crippen LogP contribution in [0.4, 0.5) is 0 Å². The van der Waals surface area contributed by atoms with Crippen molar-refractivity contribution < 1.29 is 4.74 Å². The van der Waals surface area contributed by atoms with Crippen molar-refractivity contribution in [1.82, 2.24) is 0 Å². The number of benzene rings is 2. The van der Waals surface area contributed by atoms with Crippen LogP contribution in [0.25, 0.3) is 0 Å². The first-order chi connectivity index (χ1) is 10.7. The van der Waals surface area contributed by atoms with Gasteiger partial charge in [-0.1, -0.05) is 73.5 Å². The summed E-state index contributed by atoms with van der Waals surface area (Å²) >= 11 is 0. The van der Waals surface area contributed by atoms with Crippen LogP contribution in [0.2, 0.25) is 0 Å². The van der Waals surface area contributed by atoms with Gasteiger partial charge in [0.25, 0.3) is 0 Å². The van der Waals surface area contributed by atoms with Crippen LogP contribution < -0.4 is 5.73 Å². The fraction of sp³-hybridized carbons (Fsp3) is 0.400. The fourth-order valence-electron chi connectivity index (χ4n) is 3.37. The van der Waals surface area contributed by atoms with Crippen LogP contribution in [-0.2, 0) is 10.3 Å². The van der Waals surface area contributed by atoms with Crippen LogP contribution in [0.5, 0.6) is 0 Å². The molecule has 0 aliphatic heterocycles. The van der Waals surface area contributed by atoms with Gasteiger partial charge in [0.15, 0.2) is 0 Å². The van der Waals surface area contributed by atoms with E-state index in [1.165, 1.54) is 24.0 Å². The molecule has 124 valence electrons. The van der Waals surface area contributed by atoms with Gasteiger partial charge in [-0.15, -0.1) is 12.4 Å². The Labute approximate surface area is 145 Å². The SMILES string of the molecule is COC(CC(N)CC1CC1)(c1ccccc1)c1ccccc1.Cl. The van der Waals surface area contributed by atoms with Gasteiger partial charge in [0.05, 0.1) is 0 Å². The van der Waals surface area contributed by atoms with E-state index in [9.17, 15) is 0 Å². The molecule has 0 heterocycles. The van der Waals surface area contributed by atoms with Crippen molar-refractivity contribution in [2.45, 2.75) is 37.3 Å². The Morgan fingerprint density at radius 3 is 1.87 bits per heavy atom. The molecular formula is C20H26ClNO. The summed E-state index contributed by atoms with van der Waals surface area (Å²) in [4.78, 5) is 0. The lowest BCUT2D eigenvalue weighted by molar-refractivity contribution is 0.00793. The van der Waals surface area contributed by atoms with Gasteiger partial charge in [-0.25, -0.2) is 0 Å². The Kier molecular flexibility index (Phi) is 6.23. The largest absolute Gasteiger partial charge is 0.369 e. The van der Waals surface area contributed by atoms with Gasteiger partial charge >= 0.3 is 0 Å². The zero-order valence-corrected chi connectivity index (χ0v) is 14.5. The van der Waals surface area contributed by atoms with E-state index in [0.717, 1.165) is 18.8 Å². The molecule has 0 bridgehead atoms. The lowest BCUT2D eigenvalue weighted by Crippen LogP contribution is -2.38. The smallest absolute Gasteiger partial charge is 0.119 e. The summed E-state index contributed by atoms with van der Waals surface area (Å²) in [7, 11) is 1.80. The number of rotatable bonds is 7. The number of nitrogens with two attached hydrogens (primary N) is 1. The third-order valence-corrected chi connectivity index (χ3v) is 4.71. The van der Waals surface area contributed by atoms with Gasteiger partial charge in [-0.05, 0) is 29.9 Å². The third-order valence-electron chi connectivity index (χ3n) is 4.71. The molecule has 0 aromatic heterocycles. The summed E-state index contributed by atoms with van der Waals surface area (Å²) in [5.41, 5.74) is 8.36. The van der Waals surface area contributed by atoms with Crippen LogP contribution in [0.15, 0.2) is 60.7 Å². The van der Waals surface area contributed by atoms with Gasteiger partial charge in [-0.2, -0.15) is 0 Å². The van der Waals surface area contributed by atoms with Crippen molar-refractivity contribution >= 4 is 12.4 Å². The van der Waals surface area contributed by atoms with E-state index in [1.54, 1.807) is 7.11 Å². The van der Waals surface area contributed by atoms with Crippen molar-refractivity contribution in [3.8, 4) is 0 Å². The summed E-state index contributed by atoms with van der Waals surface area (Å²) in [6, 6.07) is 21.1. The van der Waals surface area contributed by atoms with Crippen LogP contribution in [0.1, 0.15) is 36.8 Å².